The minimum absolute atomic E-state index is 0.0256. The van der Waals surface area contributed by atoms with E-state index in [4.69, 9.17) is 10.2 Å². The second kappa shape index (κ2) is 8.11. The molecule has 1 heterocycles. The van der Waals surface area contributed by atoms with E-state index in [0.29, 0.717) is 13.1 Å². The van der Waals surface area contributed by atoms with Crippen LogP contribution in [0, 0.1) is 0 Å². The number of aromatic nitrogens is 1. The Balaban J connectivity index is 2.41. The largest absolute Gasteiger partial charge is 0.479 e. The van der Waals surface area contributed by atoms with Crippen LogP contribution in [0.1, 0.15) is 19.0 Å². The van der Waals surface area contributed by atoms with E-state index in [9.17, 15) is 9.59 Å². The maximum Gasteiger partial charge on any atom is 0.332 e. The van der Waals surface area contributed by atoms with Crippen molar-refractivity contribution in [2.45, 2.75) is 26.0 Å². The molecule has 0 aliphatic rings. The lowest BCUT2D eigenvalue weighted by Gasteiger charge is -2.21. The first kappa shape index (κ1) is 15.9. The Hall–Kier alpha value is -2.15. The highest BCUT2D eigenvalue weighted by Crippen LogP contribution is 2.01. The molecule has 0 fully saturated rings. The molecular weight excluding hydrogens is 262 g/mol. The van der Waals surface area contributed by atoms with Gasteiger partial charge < -0.3 is 20.4 Å². The second-order valence-electron chi connectivity index (χ2n) is 4.21. The van der Waals surface area contributed by atoms with Crippen molar-refractivity contribution in [3.63, 3.8) is 0 Å². The van der Waals surface area contributed by atoms with E-state index in [-0.39, 0.29) is 19.0 Å². The number of aliphatic carboxylic acids is 1. The fourth-order valence-corrected chi connectivity index (χ4v) is 1.57. The number of carbonyl (C=O) groups is 2. The maximum absolute atomic E-state index is 11.9. The summed E-state index contributed by atoms with van der Waals surface area (Å²) in [5, 5.41) is 20.2. The summed E-state index contributed by atoms with van der Waals surface area (Å²) >= 11 is 0. The van der Waals surface area contributed by atoms with E-state index in [1.54, 1.807) is 17.2 Å². The number of aliphatic hydroxyl groups excluding tert-OH is 1. The van der Waals surface area contributed by atoms with Gasteiger partial charge in [-0.15, -0.1) is 0 Å². The van der Waals surface area contributed by atoms with Crippen molar-refractivity contribution in [3.8, 4) is 0 Å². The third-order valence-electron chi connectivity index (χ3n) is 2.73. The number of hydrogen-bond donors (Lipinski definition) is 3. The van der Waals surface area contributed by atoms with E-state index in [1.165, 1.54) is 0 Å². The zero-order valence-electron chi connectivity index (χ0n) is 11.3. The summed E-state index contributed by atoms with van der Waals surface area (Å²) in [5.74, 6) is -1.29. The molecular formula is C13H19N3O4. The van der Waals surface area contributed by atoms with Gasteiger partial charge in [-0.25, -0.2) is 9.59 Å². The van der Waals surface area contributed by atoms with Gasteiger partial charge in [0.05, 0.1) is 12.2 Å². The number of nitrogens with zero attached hydrogens (tertiary/aromatic N) is 2. The first-order valence-electron chi connectivity index (χ1n) is 6.38. The summed E-state index contributed by atoms with van der Waals surface area (Å²) in [5.41, 5.74) is 0.773. The van der Waals surface area contributed by atoms with Gasteiger partial charge in [0.15, 0.2) is 6.10 Å². The van der Waals surface area contributed by atoms with Crippen LogP contribution in [0.4, 0.5) is 4.79 Å². The number of carbonyl (C=O) groups excluding carboxylic acids is 1. The maximum atomic E-state index is 11.9. The Morgan fingerprint density at radius 1 is 1.45 bits per heavy atom. The summed E-state index contributed by atoms with van der Waals surface area (Å²) in [6.07, 6.45) is 0.174. The van der Waals surface area contributed by atoms with E-state index in [0.717, 1.165) is 5.69 Å². The highest BCUT2D eigenvalue weighted by Gasteiger charge is 2.15. The van der Waals surface area contributed by atoms with Crippen molar-refractivity contribution in [1.29, 1.82) is 0 Å². The predicted octanol–water partition coefficient (Wildman–Crippen LogP) is 0.449. The number of pyridine rings is 1. The smallest absolute Gasteiger partial charge is 0.332 e. The van der Waals surface area contributed by atoms with Crippen LogP contribution in [-0.2, 0) is 11.3 Å². The summed E-state index contributed by atoms with van der Waals surface area (Å²) in [6, 6.07) is 5.16. The van der Waals surface area contributed by atoms with Crippen LogP contribution < -0.4 is 5.32 Å². The molecule has 0 radical (unpaired) electrons. The van der Waals surface area contributed by atoms with Gasteiger partial charge in [-0.1, -0.05) is 6.07 Å². The normalized spacial score (nSPS) is 11.7. The molecule has 7 heteroatoms. The van der Waals surface area contributed by atoms with Gasteiger partial charge in [-0.2, -0.15) is 0 Å². The number of urea groups is 1. The van der Waals surface area contributed by atoms with E-state index >= 15 is 0 Å². The summed E-state index contributed by atoms with van der Waals surface area (Å²) in [4.78, 5) is 28.0. The topological polar surface area (TPSA) is 103 Å². The quantitative estimate of drug-likeness (QED) is 0.673. The zero-order chi connectivity index (χ0) is 15.0. The average molecular weight is 281 g/mol. The van der Waals surface area contributed by atoms with Crippen LogP contribution >= 0.6 is 0 Å². The summed E-state index contributed by atoms with van der Waals surface area (Å²) in [6.45, 7) is 2.83. The Morgan fingerprint density at radius 3 is 2.75 bits per heavy atom. The molecule has 1 atom stereocenters. The molecule has 0 aliphatic carbocycles. The van der Waals surface area contributed by atoms with Crippen LogP contribution in [0.5, 0.6) is 0 Å². The number of carboxylic acid groups (broad SMARTS) is 1. The molecule has 110 valence electrons. The fourth-order valence-electron chi connectivity index (χ4n) is 1.57. The van der Waals surface area contributed by atoms with E-state index < -0.39 is 12.1 Å². The van der Waals surface area contributed by atoms with Crippen molar-refractivity contribution < 1.29 is 19.8 Å². The van der Waals surface area contributed by atoms with Gasteiger partial charge in [0.2, 0.25) is 0 Å². The lowest BCUT2D eigenvalue weighted by Crippen LogP contribution is -2.41. The molecule has 0 aromatic carbocycles. The average Bonchev–Trinajstić information content (AvgIpc) is 2.45. The Bertz CT molecular complexity index is 439. The van der Waals surface area contributed by atoms with Gasteiger partial charge in [0, 0.05) is 25.7 Å². The third-order valence-corrected chi connectivity index (χ3v) is 2.73. The number of nitrogens with one attached hydrogen (secondary N) is 1. The highest BCUT2D eigenvalue weighted by atomic mass is 16.4. The molecule has 2 amide bonds. The summed E-state index contributed by atoms with van der Waals surface area (Å²) < 4.78 is 0. The Morgan fingerprint density at radius 2 is 2.20 bits per heavy atom. The van der Waals surface area contributed by atoms with Crippen LogP contribution in [-0.4, -0.2) is 51.3 Å². The van der Waals surface area contributed by atoms with Crippen molar-refractivity contribution in [1.82, 2.24) is 15.2 Å². The molecule has 0 spiro atoms. The molecule has 20 heavy (non-hydrogen) atoms. The Kier molecular flexibility index (Phi) is 6.45. The fraction of sp³-hybridized carbons (Fsp3) is 0.462. The first-order chi connectivity index (χ1) is 9.54. The zero-order valence-corrected chi connectivity index (χ0v) is 11.3. The van der Waals surface area contributed by atoms with E-state index in [1.807, 2.05) is 19.1 Å². The molecule has 0 unspecified atom stereocenters. The van der Waals surface area contributed by atoms with Crippen LogP contribution in [0.3, 0.4) is 0 Å². The highest BCUT2D eigenvalue weighted by molar-refractivity contribution is 5.74. The van der Waals surface area contributed by atoms with Crippen LogP contribution in [0.15, 0.2) is 24.4 Å². The predicted molar refractivity (Wildman–Crippen MR) is 72.0 cm³/mol. The third kappa shape index (κ3) is 5.23. The molecule has 1 aromatic heterocycles. The van der Waals surface area contributed by atoms with Crippen LogP contribution in [0.2, 0.25) is 0 Å². The number of hydrogen-bond acceptors (Lipinski definition) is 4. The molecule has 0 aliphatic heterocycles. The minimum Gasteiger partial charge on any atom is -0.479 e. The molecule has 1 rings (SSSR count). The number of amides is 2. The lowest BCUT2D eigenvalue weighted by molar-refractivity contribution is -0.146. The molecule has 3 N–H and O–H groups in total. The SMILES string of the molecule is CCN(Cc1ccccn1)C(=O)NCC[C@H](O)C(=O)O. The number of carboxylic acids is 1. The monoisotopic (exact) mass is 281 g/mol. The molecule has 0 saturated carbocycles. The van der Waals surface area contributed by atoms with Gasteiger partial charge in [-0.05, 0) is 19.1 Å². The Labute approximate surface area is 117 Å². The van der Waals surface area contributed by atoms with Crippen molar-refractivity contribution in [3.05, 3.63) is 30.1 Å². The van der Waals surface area contributed by atoms with Gasteiger partial charge in [0.1, 0.15) is 0 Å². The molecule has 1 aromatic rings. The number of aliphatic hydroxyl groups is 1. The lowest BCUT2D eigenvalue weighted by atomic mass is 10.2. The number of rotatable bonds is 7. The standard InChI is InChI=1S/C13H19N3O4/c1-2-16(9-10-5-3-4-7-14-10)13(20)15-8-6-11(17)12(18)19/h3-5,7,11,17H,2,6,8-9H2,1H3,(H,15,20)(H,18,19)/t11-/m0/s1. The molecule has 0 bridgehead atoms. The first-order valence-corrected chi connectivity index (χ1v) is 6.38. The molecule has 7 nitrogen and oxygen atoms in total. The minimum atomic E-state index is -1.46. The van der Waals surface area contributed by atoms with Gasteiger partial charge in [-0.3, -0.25) is 4.98 Å². The van der Waals surface area contributed by atoms with Crippen molar-refractivity contribution >= 4 is 12.0 Å². The van der Waals surface area contributed by atoms with E-state index in [2.05, 4.69) is 10.3 Å². The van der Waals surface area contributed by atoms with Gasteiger partial charge in [0.25, 0.3) is 0 Å². The van der Waals surface area contributed by atoms with Crippen molar-refractivity contribution in [2.75, 3.05) is 13.1 Å². The van der Waals surface area contributed by atoms with Crippen molar-refractivity contribution in [2.24, 2.45) is 0 Å². The van der Waals surface area contributed by atoms with Gasteiger partial charge >= 0.3 is 12.0 Å². The summed E-state index contributed by atoms with van der Waals surface area (Å²) in [7, 11) is 0. The molecule has 0 saturated heterocycles. The second-order valence-corrected chi connectivity index (χ2v) is 4.21. The van der Waals surface area contributed by atoms with Crippen LogP contribution in [0.25, 0.3) is 0 Å².